The molecule has 3 N–H and O–H groups in total. The first kappa shape index (κ1) is 9.40. The van der Waals surface area contributed by atoms with Gasteiger partial charge in [-0.05, 0) is 37.8 Å². The van der Waals surface area contributed by atoms with Crippen molar-refractivity contribution in [3.63, 3.8) is 0 Å². The zero-order valence-electron chi connectivity index (χ0n) is 8.12. The molecule has 1 aromatic rings. The molecule has 4 nitrogen and oxygen atoms in total. The van der Waals surface area contributed by atoms with E-state index in [1.165, 1.54) is 12.0 Å². The predicted molar refractivity (Wildman–Crippen MR) is 54.2 cm³/mol. The molecule has 4 heteroatoms. The van der Waals surface area contributed by atoms with Crippen molar-refractivity contribution in [3.05, 3.63) is 27.9 Å². The van der Waals surface area contributed by atoms with Crippen molar-refractivity contribution in [2.24, 2.45) is 5.73 Å². The van der Waals surface area contributed by atoms with Crippen LogP contribution in [0.1, 0.15) is 36.4 Å². The Hall–Kier alpha value is -1.16. The smallest absolute Gasteiger partial charge is 0.330 e. The molecule has 0 spiro atoms. The molecule has 2 rings (SSSR count). The molecule has 0 saturated heterocycles. The molecule has 14 heavy (non-hydrogen) atoms. The zero-order chi connectivity index (χ0) is 9.97. The molecule has 0 amide bonds. The summed E-state index contributed by atoms with van der Waals surface area (Å²) in [5.41, 5.74) is 7.56. The monoisotopic (exact) mass is 193 g/mol. The minimum absolute atomic E-state index is 0.243. The highest BCUT2D eigenvalue weighted by molar-refractivity contribution is 5.23. The van der Waals surface area contributed by atoms with E-state index in [1.54, 1.807) is 6.20 Å². The largest absolute Gasteiger partial charge is 0.345 e. The van der Waals surface area contributed by atoms with Gasteiger partial charge in [-0.3, -0.25) is 0 Å². The number of aryl methyl sites for hydroxylation is 1. The number of aromatic nitrogens is 2. The molecule has 0 aliphatic heterocycles. The Bertz CT molecular complexity index is 372. The maximum absolute atomic E-state index is 11.1. The number of rotatable bonds is 2. The summed E-state index contributed by atoms with van der Waals surface area (Å²) in [5, 5.41) is 0. The molecule has 1 aliphatic carbocycles. The van der Waals surface area contributed by atoms with E-state index in [9.17, 15) is 4.79 Å². The molecule has 76 valence electrons. The normalized spacial score (nSPS) is 20.5. The number of nitrogens with one attached hydrogen (secondary N) is 1. The summed E-state index contributed by atoms with van der Waals surface area (Å²) in [7, 11) is 0. The van der Waals surface area contributed by atoms with Crippen LogP contribution in [0.25, 0.3) is 0 Å². The SMILES string of the molecule is NCCC1CCCc2cnc(=O)[nH]c21. The van der Waals surface area contributed by atoms with E-state index in [0.29, 0.717) is 12.5 Å². The highest BCUT2D eigenvalue weighted by Crippen LogP contribution is 2.30. The van der Waals surface area contributed by atoms with Crippen LogP contribution in [-0.2, 0) is 6.42 Å². The highest BCUT2D eigenvalue weighted by Gasteiger charge is 2.20. The molecular formula is C10H15N3O. The molecule has 0 radical (unpaired) electrons. The van der Waals surface area contributed by atoms with Gasteiger partial charge in [-0.1, -0.05) is 0 Å². The standard InChI is InChI=1S/C10H15N3O/c11-5-4-7-2-1-3-8-6-12-10(14)13-9(7)8/h6-7H,1-5,11H2,(H,12,13,14). The summed E-state index contributed by atoms with van der Waals surface area (Å²) in [5.74, 6) is 0.430. The van der Waals surface area contributed by atoms with Gasteiger partial charge in [-0.15, -0.1) is 0 Å². The van der Waals surface area contributed by atoms with Gasteiger partial charge in [-0.2, -0.15) is 0 Å². The van der Waals surface area contributed by atoms with Crippen molar-refractivity contribution in [2.75, 3.05) is 6.54 Å². The maximum atomic E-state index is 11.1. The second-order valence-electron chi connectivity index (χ2n) is 3.79. The van der Waals surface area contributed by atoms with Crippen molar-refractivity contribution < 1.29 is 0 Å². The van der Waals surface area contributed by atoms with Crippen LogP contribution in [0.3, 0.4) is 0 Å². The Morgan fingerprint density at radius 1 is 1.64 bits per heavy atom. The average molecular weight is 193 g/mol. The molecule has 1 heterocycles. The molecule has 1 aromatic heterocycles. The molecule has 0 bridgehead atoms. The lowest BCUT2D eigenvalue weighted by Crippen LogP contribution is -2.21. The van der Waals surface area contributed by atoms with E-state index < -0.39 is 0 Å². The number of H-pyrrole nitrogens is 1. The summed E-state index contributed by atoms with van der Waals surface area (Å²) in [6.07, 6.45) is 5.99. The average Bonchev–Trinajstić information content (AvgIpc) is 2.19. The van der Waals surface area contributed by atoms with Gasteiger partial charge in [-0.25, -0.2) is 9.78 Å². The summed E-state index contributed by atoms with van der Waals surface area (Å²) >= 11 is 0. The number of aromatic amines is 1. The molecular weight excluding hydrogens is 178 g/mol. The van der Waals surface area contributed by atoms with Crippen LogP contribution in [0.4, 0.5) is 0 Å². The van der Waals surface area contributed by atoms with Crippen LogP contribution in [0.5, 0.6) is 0 Å². The summed E-state index contributed by atoms with van der Waals surface area (Å²) in [4.78, 5) is 17.7. The lowest BCUT2D eigenvalue weighted by Gasteiger charge is -2.23. The first-order chi connectivity index (χ1) is 6.81. The van der Waals surface area contributed by atoms with Crippen LogP contribution in [-0.4, -0.2) is 16.5 Å². The first-order valence-corrected chi connectivity index (χ1v) is 5.09. The molecule has 0 saturated carbocycles. The van der Waals surface area contributed by atoms with Gasteiger partial charge in [0, 0.05) is 17.8 Å². The van der Waals surface area contributed by atoms with Gasteiger partial charge in [0.2, 0.25) is 0 Å². The van der Waals surface area contributed by atoms with Crippen molar-refractivity contribution in [1.29, 1.82) is 0 Å². The Morgan fingerprint density at radius 2 is 2.50 bits per heavy atom. The Balaban J connectivity index is 2.36. The zero-order valence-corrected chi connectivity index (χ0v) is 8.12. The van der Waals surface area contributed by atoms with Crippen molar-refractivity contribution in [1.82, 2.24) is 9.97 Å². The van der Waals surface area contributed by atoms with Crippen LogP contribution >= 0.6 is 0 Å². The maximum Gasteiger partial charge on any atom is 0.345 e. The minimum Gasteiger partial charge on any atom is -0.330 e. The van der Waals surface area contributed by atoms with Gasteiger partial charge in [0.05, 0.1) is 0 Å². The van der Waals surface area contributed by atoms with Crippen molar-refractivity contribution in [3.8, 4) is 0 Å². The topological polar surface area (TPSA) is 71.8 Å². The third kappa shape index (κ3) is 1.70. The quantitative estimate of drug-likeness (QED) is 0.720. The second kappa shape index (κ2) is 3.92. The Morgan fingerprint density at radius 3 is 3.29 bits per heavy atom. The van der Waals surface area contributed by atoms with E-state index >= 15 is 0 Å². The van der Waals surface area contributed by atoms with Gasteiger partial charge in [0.25, 0.3) is 0 Å². The van der Waals surface area contributed by atoms with Crippen LogP contribution < -0.4 is 11.4 Å². The van der Waals surface area contributed by atoms with Gasteiger partial charge in [0.1, 0.15) is 0 Å². The molecule has 1 unspecified atom stereocenters. The summed E-state index contributed by atoms with van der Waals surface area (Å²) < 4.78 is 0. The van der Waals surface area contributed by atoms with Crippen molar-refractivity contribution in [2.45, 2.75) is 31.6 Å². The fourth-order valence-corrected chi connectivity index (χ4v) is 2.17. The van der Waals surface area contributed by atoms with E-state index in [0.717, 1.165) is 25.0 Å². The fourth-order valence-electron chi connectivity index (χ4n) is 2.17. The number of hydrogen-bond donors (Lipinski definition) is 2. The molecule has 0 aromatic carbocycles. The Labute approximate surface area is 82.6 Å². The van der Waals surface area contributed by atoms with E-state index in [1.807, 2.05) is 0 Å². The van der Waals surface area contributed by atoms with Gasteiger partial charge < -0.3 is 10.7 Å². The molecule has 0 fully saturated rings. The van der Waals surface area contributed by atoms with Gasteiger partial charge in [0.15, 0.2) is 0 Å². The number of fused-ring (bicyclic) bond motifs is 1. The number of nitrogens with zero attached hydrogens (tertiary/aromatic N) is 1. The third-order valence-electron chi connectivity index (χ3n) is 2.85. The first-order valence-electron chi connectivity index (χ1n) is 5.09. The van der Waals surface area contributed by atoms with Gasteiger partial charge >= 0.3 is 5.69 Å². The second-order valence-corrected chi connectivity index (χ2v) is 3.79. The van der Waals surface area contributed by atoms with Crippen molar-refractivity contribution >= 4 is 0 Å². The van der Waals surface area contributed by atoms with E-state index in [2.05, 4.69) is 9.97 Å². The predicted octanol–water partition coefficient (Wildman–Crippen LogP) is 0.539. The number of hydrogen-bond acceptors (Lipinski definition) is 3. The van der Waals surface area contributed by atoms with Crippen LogP contribution in [0.2, 0.25) is 0 Å². The fraction of sp³-hybridized carbons (Fsp3) is 0.600. The van der Waals surface area contributed by atoms with E-state index in [4.69, 9.17) is 5.73 Å². The lowest BCUT2D eigenvalue weighted by atomic mass is 9.85. The molecule has 1 atom stereocenters. The summed E-state index contributed by atoms with van der Waals surface area (Å²) in [6, 6.07) is 0. The van der Waals surface area contributed by atoms with Crippen LogP contribution in [0.15, 0.2) is 11.0 Å². The third-order valence-corrected chi connectivity index (χ3v) is 2.85. The number of nitrogens with two attached hydrogens (primary N) is 1. The van der Waals surface area contributed by atoms with E-state index in [-0.39, 0.29) is 5.69 Å². The minimum atomic E-state index is -0.243. The lowest BCUT2D eigenvalue weighted by molar-refractivity contribution is 0.507. The molecule has 1 aliphatic rings. The Kier molecular flexibility index (Phi) is 2.63. The highest BCUT2D eigenvalue weighted by atomic mass is 16.1. The summed E-state index contributed by atoms with van der Waals surface area (Å²) in [6.45, 7) is 0.675. The van der Waals surface area contributed by atoms with Crippen LogP contribution in [0, 0.1) is 0 Å².